The highest BCUT2D eigenvalue weighted by Gasteiger charge is 2.30. The highest BCUT2D eigenvalue weighted by molar-refractivity contribution is 7.13. The number of halogens is 2. The molecular weight excluding hydrogens is 381 g/mol. The van der Waals surface area contributed by atoms with Crippen LogP contribution in [0.2, 0.25) is 10.0 Å². The summed E-state index contributed by atoms with van der Waals surface area (Å²) in [5.41, 5.74) is 1.21. The van der Waals surface area contributed by atoms with E-state index in [1.165, 1.54) is 17.7 Å². The second kappa shape index (κ2) is 6.74. The van der Waals surface area contributed by atoms with Gasteiger partial charge in [-0.15, -0.1) is 11.3 Å². The molecule has 1 N–H and O–H groups in total. The van der Waals surface area contributed by atoms with Gasteiger partial charge in [-0.1, -0.05) is 23.2 Å². The van der Waals surface area contributed by atoms with Crippen molar-refractivity contribution >= 4 is 40.4 Å². The lowest BCUT2D eigenvalue weighted by Crippen LogP contribution is -2.28. The number of rotatable bonds is 3. The Morgan fingerprint density at radius 2 is 2.24 bits per heavy atom. The number of carbonyl (C=O) groups excluding carboxylic acids is 1. The number of aromatic nitrogens is 4. The van der Waals surface area contributed by atoms with Gasteiger partial charge in [0.1, 0.15) is 22.9 Å². The van der Waals surface area contributed by atoms with E-state index in [2.05, 4.69) is 20.2 Å². The van der Waals surface area contributed by atoms with Gasteiger partial charge in [0, 0.05) is 35.0 Å². The van der Waals surface area contributed by atoms with Crippen molar-refractivity contribution in [3.63, 3.8) is 0 Å². The molecule has 25 heavy (non-hydrogen) atoms. The minimum atomic E-state index is -0.0744. The highest BCUT2D eigenvalue weighted by atomic mass is 35.5. The van der Waals surface area contributed by atoms with Gasteiger partial charge < -0.3 is 4.90 Å². The van der Waals surface area contributed by atoms with Gasteiger partial charge in [0.15, 0.2) is 0 Å². The number of aromatic amines is 1. The molecule has 1 aromatic carbocycles. The minimum absolute atomic E-state index is 0.0744. The second-order valence-corrected chi connectivity index (χ2v) is 7.47. The maximum atomic E-state index is 12.7. The lowest BCUT2D eigenvalue weighted by molar-refractivity contribution is 0.0785. The summed E-state index contributed by atoms with van der Waals surface area (Å²) < 4.78 is 0. The van der Waals surface area contributed by atoms with Crippen molar-refractivity contribution in [2.45, 2.75) is 12.3 Å². The van der Waals surface area contributed by atoms with E-state index in [-0.39, 0.29) is 11.8 Å². The van der Waals surface area contributed by atoms with Crippen LogP contribution in [-0.2, 0) is 0 Å². The fraction of sp³-hybridized carbons (Fsp3) is 0.250. The van der Waals surface area contributed by atoms with Crippen LogP contribution in [0.1, 0.15) is 28.7 Å². The molecule has 1 amide bonds. The molecule has 1 atom stereocenters. The van der Waals surface area contributed by atoms with E-state index in [1.807, 2.05) is 6.07 Å². The number of H-pyrrole nitrogens is 1. The fourth-order valence-electron chi connectivity index (χ4n) is 2.90. The normalized spacial score (nSPS) is 17.2. The summed E-state index contributed by atoms with van der Waals surface area (Å²) >= 11 is 13.5. The maximum absolute atomic E-state index is 12.7. The van der Waals surface area contributed by atoms with Crippen LogP contribution in [0.25, 0.3) is 10.6 Å². The monoisotopic (exact) mass is 393 g/mol. The molecule has 4 rings (SSSR count). The SMILES string of the molecule is O=C(c1csc(-c2ccc(Cl)cc2Cl)n1)N1CCC(c2ncn[nH]2)C1. The lowest BCUT2D eigenvalue weighted by atomic mass is 10.1. The average Bonchev–Trinajstić information content (AvgIpc) is 3.34. The van der Waals surface area contributed by atoms with Crippen LogP contribution in [0.3, 0.4) is 0 Å². The van der Waals surface area contributed by atoms with Crippen LogP contribution in [0.4, 0.5) is 0 Å². The van der Waals surface area contributed by atoms with Crippen molar-refractivity contribution in [1.29, 1.82) is 0 Å². The van der Waals surface area contributed by atoms with Crippen LogP contribution in [-0.4, -0.2) is 44.1 Å². The minimum Gasteiger partial charge on any atom is -0.337 e. The molecule has 1 unspecified atom stereocenters. The van der Waals surface area contributed by atoms with Gasteiger partial charge in [-0.05, 0) is 24.6 Å². The number of hydrogen-bond donors (Lipinski definition) is 1. The molecule has 1 saturated heterocycles. The number of hydrogen-bond acceptors (Lipinski definition) is 5. The molecule has 1 aliphatic heterocycles. The zero-order chi connectivity index (χ0) is 17.4. The zero-order valence-corrected chi connectivity index (χ0v) is 15.3. The topological polar surface area (TPSA) is 74.8 Å². The largest absolute Gasteiger partial charge is 0.337 e. The Kier molecular flexibility index (Phi) is 4.45. The molecule has 9 heteroatoms. The first-order valence-electron chi connectivity index (χ1n) is 7.67. The Hall–Kier alpha value is -1.96. The number of amides is 1. The molecule has 1 fully saturated rings. The van der Waals surface area contributed by atoms with Crippen molar-refractivity contribution in [3.05, 3.63) is 51.5 Å². The van der Waals surface area contributed by atoms with E-state index >= 15 is 0 Å². The Bertz CT molecular complexity index is 911. The molecule has 3 heterocycles. The van der Waals surface area contributed by atoms with Crippen LogP contribution >= 0.6 is 34.5 Å². The molecule has 2 aromatic heterocycles. The molecule has 0 bridgehead atoms. The van der Waals surface area contributed by atoms with Gasteiger partial charge in [-0.25, -0.2) is 9.97 Å². The van der Waals surface area contributed by atoms with Crippen LogP contribution in [0.5, 0.6) is 0 Å². The fourth-order valence-corrected chi connectivity index (χ4v) is 4.29. The molecule has 3 aromatic rings. The summed E-state index contributed by atoms with van der Waals surface area (Å²) in [6.45, 7) is 1.29. The first-order valence-corrected chi connectivity index (χ1v) is 9.31. The van der Waals surface area contributed by atoms with Crippen LogP contribution in [0, 0.1) is 0 Å². The van der Waals surface area contributed by atoms with E-state index in [0.29, 0.717) is 33.8 Å². The van der Waals surface area contributed by atoms with E-state index in [1.54, 1.807) is 22.4 Å². The quantitative estimate of drug-likeness (QED) is 0.732. The number of carbonyl (C=O) groups is 1. The molecule has 0 spiro atoms. The molecule has 0 saturated carbocycles. The highest BCUT2D eigenvalue weighted by Crippen LogP contribution is 2.33. The van der Waals surface area contributed by atoms with Crippen molar-refractivity contribution in [3.8, 4) is 10.6 Å². The predicted octanol–water partition coefficient (Wildman–Crippen LogP) is 3.86. The summed E-state index contributed by atoms with van der Waals surface area (Å²) in [5, 5.41) is 10.3. The molecule has 0 aliphatic carbocycles. The smallest absolute Gasteiger partial charge is 0.273 e. The Morgan fingerprint density at radius 1 is 1.36 bits per heavy atom. The van der Waals surface area contributed by atoms with Gasteiger partial charge in [0.2, 0.25) is 0 Å². The molecule has 128 valence electrons. The van der Waals surface area contributed by atoms with Crippen molar-refractivity contribution in [2.24, 2.45) is 0 Å². The predicted molar refractivity (Wildman–Crippen MR) is 97.2 cm³/mol. The summed E-state index contributed by atoms with van der Waals surface area (Å²) in [7, 11) is 0. The number of benzene rings is 1. The van der Waals surface area contributed by atoms with E-state index < -0.39 is 0 Å². The molecule has 6 nitrogen and oxygen atoms in total. The lowest BCUT2D eigenvalue weighted by Gasteiger charge is -2.14. The third kappa shape index (κ3) is 3.27. The Labute approximate surface area is 157 Å². The average molecular weight is 394 g/mol. The first kappa shape index (κ1) is 16.5. The Balaban J connectivity index is 1.51. The summed E-state index contributed by atoms with van der Waals surface area (Å²) in [6.07, 6.45) is 2.35. The third-order valence-electron chi connectivity index (χ3n) is 4.18. The number of nitrogens with one attached hydrogen (secondary N) is 1. The molecule has 0 radical (unpaired) electrons. The summed E-state index contributed by atoms with van der Waals surface area (Å²) in [5.74, 6) is 0.937. The molecular formula is C16H13Cl2N5OS. The third-order valence-corrected chi connectivity index (χ3v) is 5.60. The number of nitrogens with zero attached hydrogens (tertiary/aromatic N) is 4. The number of thiazole rings is 1. The van der Waals surface area contributed by atoms with Gasteiger partial charge >= 0.3 is 0 Å². The maximum Gasteiger partial charge on any atom is 0.273 e. The molecule has 1 aliphatic rings. The van der Waals surface area contributed by atoms with Crippen LogP contribution < -0.4 is 0 Å². The Morgan fingerprint density at radius 3 is 3.00 bits per heavy atom. The first-order chi connectivity index (χ1) is 12.1. The standard InChI is InChI=1S/C16H13Cl2N5OS/c17-10-1-2-11(12(18)5-10)15-21-13(7-25-15)16(24)23-4-3-9(6-23)14-19-8-20-22-14/h1-2,5,7-9H,3-4,6H2,(H,19,20,22). The summed E-state index contributed by atoms with van der Waals surface area (Å²) in [4.78, 5) is 23.2. The van der Waals surface area contributed by atoms with Crippen molar-refractivity contribution in [2.75, 3.05) is 13.1 Å². The zero-order valence-electron chi connectivity index (χ0n) is 12.9. The van der Waals surface area contributed by atoms with Crippen molar-refractivity contribution in [1.82, 2.24) is 25.1 Å². The van der Waals surface area contributed by atoms with Gasteiger partial charge in [0.25, 0.3) is 5.91 Å². The van der Waals surface area contributed by atoms with E-state index in [9.17, 15) is 4.79 Å². The van der Waals surface area contributed by atoms with Crippen molar-refractivity contribution < 1.29 is 4.79 Å². The van der Waals surface area contributed by atoms with Gasteiger partial charge in [0.05, 0.1) is 5.02 Å². The number of likely N-dealkylation sites (tertiary alicyclic amines) is 1. The van der Waals surface area contributed by atoms with Crippen LogP contribution in [0.15, 0.2) is 29.9 Å². The van der Waals surface area contributed by atoms with Gasteiger partial charge in [-0.3, -0.25) is 9.89 Å². The second-order valence-electron chi connectivity index (χ2n) is 5.77. The van der Waals surface area contributed by atoms with Gasteiger partial charge in [-0.2, -0.15) is 5.10 Å². The summed E-state index contributed by atoms with van der Waals surface area (Å²) in [6, 6.07) is 5.24. The van der Waals surface area contributed by atoms with E-state index in [0.717, 1.165) is 17.8 Å². The van der Waals surface area contributed by atoms with E-state index in [4.69, 9.17) is 23.2 Å².